The van der Waals surface area contributed by atoms with Gasteiger partial charge in [-0.1, -0.05) is 46.3 Å². The fourth-order valence-electron chi connectivity index (χ4n) is 2.69. The molecule has 0 N–H and O–H groups in total. The van der Waals surface area contributed by atoms with Gasteiger partial charge in [-0.15, -0.1) is 0 Å². The maximum absolute atomic E-state index is 11.7. The standard InChI is InChI=1S/C14H15BrO3/c15-11-7-6-10-12(13(11)18-14(10)16)17-8-9-4-2-1-3-5-9/h1-5,10-13H,6-8H2/t10-,11-,12-,13+/m0/s1. The summed E-state index contributed by atoms with van der Waals surface area (Å²) in [5.74, 6) is -0.174. The zero-order chi connectivity index (χ0) is 12.5. The van der Waals surface area contributed by atoms with E-state index in [1.165, 1.54) is 0 Å². The molecule has 2 fully saturated rings. The molecule has 0 amide bonds. The van der Waals surface area contributed by atoms with Gasteiger partial charge in [0.15, 0.2) is 0 Å². The lowest BCUT2D eigenvalue weighted by atomic mass is 9.87. The molecule has 4 heteroatoms. The van der Waals surface area contributed by atoms with Crippen LogP contribution in [-0.2, 0) is 20.9 Å². The molecular formula is C14H15BrO3. The Morgan fingerprint density at radius 2 is 2.06 bits per heavy atom. The number of carbonyl (C=O) groups is 1. The third kappa shape index (κ3) is 2.19. The van der Waals surface area contributed by atoms with Crippen molar-refractivity contribution < 1.29 is 14.3 Å². The summed E-state index contributed by atoms with van der Waals surface area (Å²) in [6, 6.07) is 10.0. The topological polar surface area (TPSA) is 35.5 Å². The average Bonchev–Trinajstić information content (AvgIpc) is 2.63. The van der Waals surface area contributed by atoms with E-state index in [0.29, 0.717) is 6.61 Å². The summed E-state index contributed by atoms with van der Waals surface area (Å²) in [6.07, 6.45) is 1.60. The van der Waals surface area contributed by atoms with Gasteiger partial charge >= 0.3 is 5.97 Å². The maximum Gasteiger partial charge on any atom is 0.312 e. The molecule has 3 rings (SSSR count). The van der Waals surface area contributed by atoms with Crippen molar-refractivity contribution in [2.24, 2.45) is 5.92 Å². The third-order valence-corrected chi connectivity index (χ3v) is 4.65. The molecule has 0 spiro atoms. The summed E-state index contributed by atoms with van der Waals surface area (Å²) in [7, 11) is 0. The van der Waals surface area contributed by atoms with Gasteiger partial charge in [0.05, 0.1) is 17.4 Å². The van der Waals surface area contributed by atoms with Gasteiger partial charge in [-0.25, -0.2) is 0 Å². The number of ether oxygens (including phenoxy) is 2. The predicted molar refractivity (Wildman–Crippen MR) is 70.3 cm³/mol. The lowest BCUT2D eigenvalue weighted by Crippen LogP contribution is -2.40. The van der Waals surface area contributed by atoms with Crippen LogP contribution in [0.4, 0.5) is 0 Å². The van der Waals surface area contributed by atoms with E-state index in [1.54, 1.807) is 0 Å². The second kappa shape index (κ2) is 5.02. The zero-order valence-corrected chi connectivity index (χ0v) is 11.5. The third-order valence-electron chi connectivity index (χ3n) is 3.67. The Hall–Kier alpha value is -0.870. The Bertz CT molecular complexity index is 434. The van der Waals surface area contributed by atoms with Gasteiger partial charge in [-0.2, -0.15) is 0 Å². The van der Waals surface area contributed by atoms with Crippen molar-refractivity contribution in [1.29, 1.82) is 0 Å². The molecule has 0 aromatic heterocycles. The van der Waals surface area contributed by atoms with Crippen LogP contribution in [0.1, 0.15) is 18.4 Å². The number of halogens is 1. The van der Waals surface area contributed by atoms with Gasteiger partial charge in [0.2, 0.25) is 0 Å². The number of fused-ring (bicyclic) bond motifs is 2. The van der Waals surface area contributed by atoms with E-state index < -0.39 is 0 Å². The van der Waals surface area contributed by atoms with Crippen LogP contribution in [0.3, 0.4) is 0 Å². The minimum absolute atomic E-state index is 0.0764. The van der Waals surface area contributed by atoms with Crippen molar-refractivity contribution in [3.63, 3.8) is 0 Å². The van der Waals surface area contributed by atoms with Crippen molar-refractivity contribution >= 4 is 21.9 Å². The SMILES string of the molecule is O=C1O[C@H]2[C@@H](OCc3ccccc3)[C@@H]1CC[C@@H]2Br. The molecule has 96 valence electrons. The highest BCUT2D eigenvalue weighted by molar-refractivity contribution is 9.09. The lowest BCUT2D eigenvalue weighted by Gasteiger charge is -2.29. The van der Waals surface area contributed by atoms with E-state index in [9.17, 15) is 4.79 Å². The smallest absolute Gasteiger partial charge is 0.312 e. The largest absolute Gasteiger partial charge is 0.458 e. The highest BCUT2D eigenvalue weighted by atomic mass is 79.9. The first-order valence-corrected chi connectivity index (χ1v) is 7.17. The number of benzene rings is 1. The van der Waals surface area contributed by atoms with Gasteiger partial charge < -0.3 is 9.47 Å². The number of hydrogen-bond acceptors (Lipinski definition) is 3. The molecule has 18 heavy (non-hydrogen) atoms. The van der Waals surface area contributed by atoms with E-state index >= 15 is 0 Å². The maximum atomic E-state index is 11.7. The molecule has 1 saturated heterocycles. The van der Waals surface area contributed by atoms with Gasteiger partial charge in [0, 0.05) is 0 Å². The molecule has 2 bridgehead atoms. The average molecular weight is 311 g/mol. The fraction of sp³-hybridized carbons (Fsp3) is 0.500. The van der Waals surface area contributed by atoms with Crippen molar-refractivity contribution in [3.8, 4) is 0 Å². The normalized spacial score (nSPS) is 34.4. The van der Waals surface area contributed by atoms with Crippen LogP contribution in [0.15, 0.2) is 30.3 Å². The minimum atomic E-state index is -0.125. The molecule has 4 atom stereocenters. The monoisotopic (exact) mass is 310 g/mol. The summed E-state index contributed by atoms with van der Waals surface area (Å²) in [5.41, 5.74) is 1.13. The van der Waals surface area contributed by atoms with Gasteiger partial charge in [-0.3, -0.25) is 4.79 Å². The van der Waals surface area contributed by atoms with E-state index in [-0.39, 0.29) is 28.9 Å². The highest BCUT2D eigenvalue weighted by Gasteiger charge is 2.51. The van der Waals surface area contributed by atoms with E-state index in [1.807, 2.05) is 30.3 Å². The van der Waals surface area contributed by atoms with Crippen LogP contribution in [0.2, 0.25) is 0 Å². The number of hydrogen-bond donors (Lipinski definition) is 0. The molecule has 0 unspecified atom stereocenters. The summed E-state index contributed by atoms with van der Waals surface area (Å²) in [6.45, 7) is 0.537. The fourth-order valence-corrected chi connectivity index (χ4v) is 3.37. The van der Waals surface area contributed by atoms with Gasteiger partial charge in [0.1, 0.15) is 12.2 Å². The summed E-state index contributed by atoms with van der Waals surface area (Å²) in [5, 5.41) is 0. The first-order chi connectivity index (χ1) is 8.75. The molecule has 1 aromatic rings. The molecule has 1 heterocycles. The van der Waals surface area contributed by atoms with Crippen LogP contribution in [0, 0.1) is 5.92 Å². The number of rotatable bonds is 3. The molecule has 1 saturated carbocycles. The van der Waals surface area contributed by atoms with Crippen LogP contribution < -0.4 is 0 Å². The molecule has 2 aliphatic rings. The Morgan fingerprint density at radius 1 is 1.28 bits per heavy atom. The number of esters is 1. The van der Waals surface area contributed by atoms with Gasteiger partial charge in [0.25, 0.3) is 0 Å². The number of alkyl halides is 1. The Morgan fingerprint density at radius 3 is 2.83 bits per heavy atom. The van der Waals surface area contributed by atoms with Crippen LogP contribution >= 0.6 is 15.9 Å². The summed E-state index contributed by atoms with van der Waals surface area (Å²) < 4.78 is 11.3. The first kappa shape index (κ1) is 12.2. The second-order valence-corrected chi connectivity index (χ2v) is 6.04. The summed E-state index contributed by atoms with van der Waals surface area (Å²) in [4.78, 5) is 11.9. The quantitative estimate of drug-likeness (QED) is 0.636. The van der Waals surface area contributed by atoms with Crippen molar-refractivity contribution in [3.05, 3.63) is 35.9 Å². The van der Waals surface area contributed by atoms with Crippen molar-refractivity contribution in [1.82, 2.24) is 0 Å². The second-order valence-electron chi connectivity index (χ2n) is 4.86. The molecule has 0 radical (unpaired) electrons. The lowest BCUT2D eigenvalue weighted by molar-refractivity contribution is -0.143. The molecule has 1 aliphatic carbocycles. The first-order valence-electron chi connectivity index (χ1n) is 6.26. The summed E-state index contributed by atoms with van der Waals surface area (Å²) >= 11 is 3.58. The highest BCUT2D eigenvalue weighted by Crippen LogP contribution is 2.40. The predicted octanol–water partition coefficient (Wildman–Crippen LogP) is 2.67. The number of carbonyl (C=O) groups excluding carboxylic acids is 1. The molecule has 1 aliphatic heterocycles. The molecule has 1 aromatic carbocycles. The minimum Gasteiger partial charge on any atom is -0.458 e. The zero-order valence-electron chi connectivity index (χ0n) is 9.92. The Labute approximate surface area is 115 Å². The van der Waals surface area contributed by atoms with Crippen molar-refractivity contribution in [2.75, 3.05) is 0 Å². The van der Waals surface area contributed by atoms with Crippen LogP contribution in [0.25, 0.3) is 0 Å². The molecule has 3 nitrogen and oxygen atoms in total. The van der Waals surface area contributed by atoms with Gasteiger partial charge in [-0.05, 0) is 18.4 Å². The van der Waals surface area contributed by atoms with Crippen LogP contribution in [0.5, 0.6) is 0 Å². The van der Waals surface area contributed by atoms with Crippen molar-refractivity contribution in [2.45, 2.75) is 36.5 Å². The van der Waals surface area contributed by atoms with E-state index in [4.69, 9.17) is 9.47 Å². The van der Waals surface area contributed by atoms with E-state index in [2.05, 4.69) is 15.9 Å². The van der Waals surface area contributed by atoms with Crippen LogP contribution in [-0.4, -0.2) is 23.0 Å². The molecular weight excluding hydrogens is 296 g/mol. The Balaban J connectivity index is 1.68. The Kier molecular flexibility index (Phi) is 3.39. The van der Waals surface area contributed by atoms with E-state index in [0.717, 1.165) is 18.4 Å².